The molecule has 0 aromatic heterocycles. The van der Waals surface area contributed by atoms with Crippen LogP contribution in [0.1, 0.15) is 69.7 Å². The largest absolute Gasteiger partial charge is 0.351 e. The van der Waals surface area contributed by atoms with Gasteiger partial charge in [-0.05, 0) is 49.1 Å². The highest BCUT2D eigenvalue weighted by atomic mass is 32.2. The van der Waals surface area contributed by atoms with Gasteiger partial charge in [0.15, 0.2) is 5.17 Å². The zero-order chi connectivity index (χ0) is 26.4. The molecule has 0 spiro atoms. The van der Waals surface area contributed by atoms with E-state index in [0.717, 1.165) is 38.4 Å². The van der Waals surface area contributed by atoms with Crippen LogP contribution in [0.4, 0.5) is 0 Å². The van der Waals surface area contributed by atoms with Crippen molar-refractivity contribution in [1.29, 1.82) is 0 Å². The van der Waals surface area contributed by atoms with Gasteiger partial charge in [-0.1, -0.05) is 68.7 Å². The number of nitrogens with zero attached hydrogens (tertiary/aromatic N) is 3. The monoisotopic (exact) mass is 580 g/mol. The van der Waals surface area contributed by atoms with Crippen LogP contribution in [0.5, 0.6) is 0 Å². The summed E-state index contributed by atoms with van der Waals surface area (Å²) in [4.78, 5) is 19.9. The van der Waals surface area contributed by atoms with Gasteiger partial charge in [0.1, 0.15) is 0 Å². The van der Waals surface area contributed by atoms with Gasteiger partial charge in [0.05, 0.1) is 18.3 Å². The molecule has 11 heteroatoms. The van der Waals surface area contributed by atoms with E-state index in [0.29, 0.717) is 17.3 Å². The number of rotatable bonds is 3. The fourth-order valence-corrected chi connectivity index (χ4v) is 6.23. The molecule has 4 rings (SSSR count). The first-order valence-electron chi connectivity index (χ1n) is 12.8. The Bertz CT molecular complexity index is 823. The second-order valence-electron chi connectivity index (χ2n) is 11.8. The number of carbonyl (C=O) groups excluding carboxylic acids is 1. The number of nitrogens with one attached hydrogen (secondary N) is 2. The lowest BCUT2D eigenvalue weighted by Gasteiger charge is -2.47. The van der Waals surface area contributed by atoms with Crippen LogP contribution < -0.4 is 15.8 Å². The van der Waals surface area contributed by atoms with Gasteiger partial charge >= 0.3 is 0 Å². The molecule has 4 atom stereocenters. The number of primary sulfonamides is 1. The molecule has 4 heterocycles. The predicted molar refractivity (Wildman–Crippen MR) is 167 cm³/mol. The van der Waals surface area contributed by atoms with Gasteiger partial charge in [0.25, 0.3) is 0 Å². The molecule has 0 bridgehead atoms. The maximum Gasteiger partial charge on any atom is 0.239 e. The van der Waals surface area contributed by atoms with Crippen LogP contribution in [0.15, 0.2) is 4.99 Å². The van der Waals surface area contributed by atoms with Crippen LogP contribution in [0.25, 0.3) is 0 Å². The molecule has 0 unspecified atom stereocenters. The van der Waals surface area contributed by atoms with Crippen molar-refractivity contribution in [3.63, 3.8) is 0 Å². The fraction of sp³-hybridized carbons (Fsp3) is 0.926. The zero-order valence-corrected chi connectivity index (χ0v) is 24.3. The molecule has 228 valence electrons. The van der Waals surface area contributed by atoms with E-state index in [9.17, 15) is 13.2 Å². The second-order valence-corrected chi connectivity index (χ2v) is 14.5. The second kappa shape index (κ2) is 17.0. The standard InChI is InChI=1S/C10H18N2S.C8H16N2O.C6H14N2O2S.3CH4/c1-10(2,3)8-6-12(7-8)9-11-4-5-13-9;1-6-4-7(9-5-6)8(11)10(2)3;1-5-2-6(8-3-5)4-11(7,9)10;;;/h8H,4-7H2,1-3H3;6-7,9H,4-5H2,1-3H3;5-6,8H,2-4H2,1H3,(H2,7,9,10);3*1H4/t;6-,7-;5-,6-;;;/m.00.../s1. The average Bonchev–Trinajstić information content (AvgIpc) is 3.42. The molecule has 3 fully saturated rings. The van der Waals surface area contributed by atoms with Crippen LogP contribution in [-0.4, -0.2) is 99.7 Å². The van der Waals surface area contributed by atoms with Crippen molar-refractivity contribution in [2.45, 2.75) is 81.8 Å². The summed E-state index contributed by atoms with van der Waals surface area (Å²) in [6.45, 7) is 16.6. The molecule has 1 amide bonds. The Balaban J connectivity index is 0. The van der Waals surface area contributed by atoms with Gasteiger partial charge in [-0.2, -0.15) is 0 Å². The number of aliphatic imine (C=N–C) groups is 1. The summed E-state index contributed by atoms with van der Waals surface area (Å²) in [5.41, 5.74) is 0.473. The van der Waals surface area contributed by atoms with Crippen molar-refractivity contribution in [1.82, 2.24) is 20.4 Å². The molecule has 0 saturated carbocycles. The van der Waals surface area contributed by atoms with E-state index in [-0.39, 0.29) is 46.0 Å². The van der Waals surface area contributed by atoms with E-state index < -0.39 is 10.0 Å². The van der Waals surface area contributed by atoms with Crippen LogP contribution in [0.2, 0.25) is 0 Å². The molecule has 3 saturated heterocycles. The van der Waals surface area contributed by atoms with Crippen LogP contribution >= 0.6 is 11.8 Å². The number of carbonyl (C=O) groups is 1. The SMILES string of the molecule is C.C.C.CC(C)(C)C1CN(C2=NCCS2)C1.C[C@@H]1CN[C@H](C(=O)N(C)C)C1.C[C@@H]1CN[C@H](CS(N)(=O)=O)C1. The lowest BCUT2D eigenvalue weighted by Crippen LogP contribution is -2.53. The molecule has 4 aliphatic rings. The summed E-state index contributed by atoms with van der Waals surface area (Å²) in [5, 5.41) is 12.5. The van der Waals surface area contributed by atoms with Crippen LogP contribution in [0.3, 0.4) is 0 Å². The minimum absolute atomic E-state index is 0. The maximum atomic E-state index is 11.4. The summed E-state index contributed by atoms with van der Waals surface area (Å²) in [5.74, 6) is 3.53. The summed E-state index contributed by atoms with van der Waals surface area (Å²) in [7, 11) is 0.304. The first-order valence-corrected chi connectivity index (χ1v) is 15.5. The Morgan fingerprint density at radius 3 is 2.00 bits per heavy atom. The summed E-state index contributed by atoms with van der Waals surface area (Å²) >= 11 is 1.91. The van der Waals surface area contributed by atoms with Gasteiger partial charge in [0.2, 0.25) is 15.9 Å². The van der Waals surface area contributed by atoms with Crippen LogP contribution in [-0.2, 0) is 14.8 Å². The molecule has 4 N–H and O–H groups in total. The van der Waals surface area contributed by atoms with Crippen molar-refractivity contribution in [2.75, 3.05) is 58.3 Å². The lowest BCUT2D eigenvalue weighted by molar-refractivity contribution is -0.130. The minimum Gasteiger partial charge on any atom is -0.351 e. The number of likely N-dealkylation sites (N-methyl/N-ethyl adjacent to an activating group) is 1. The van der Waals surface area contributed by atoms with Crippen molar-refractivity contribution in [2.24, 2.45) is 33.3 Å². The highest BCUT2D eigenvalue weighted by molar-refractivity contribution is 8.14. The Hall–Kier alpha value is -0.880. The maximum absolute atomic E-state index is 11.4. The van der Waals surface area contributed by atoms with E-state index in [1.807, 2.05) is 11.8 Å². The van der Waals surface area contributed by atoms with Gasteiger partial charge in [0, 0.05) is 39.0 Å². The summed E-state index contributed by atoms with van der Waals surface area (Å²) in [6, 6.07) is 0.139. The van der Waals surface area contributed by atoms with E-state index >= 15 is 0 Å². The molecule has 0 aromatic rings. The minimum atomic E-state index is -3.29. The third-order valence-electron chi connectivity index (χ3n) is 6.91. The van der Waals surface area contributed by atoms with Crippen LogP contribution in [0, 0.1) is 23.2 Å². The Morgan fingerprint density at radius 2 is 1.63 bits per heavy atom. The smallest absolute Gasteiger partial charge is 0.239 e. The predicted octanol–water partition coefficient (Wildman–Crippen LogP) is 3.32. The van der Waals surface area contributed by atoms with Crippen molar-refractivity contribution in [3.05, 3.63) is 0 Å². The number of likely N-dealkylation sites (tertiary alicyclic amines) is 1. The summed E-state index contributed by atoms with van der Waals surface area (Å²) < 4.78 is 21.3. The van der Waals surface area contributed by atoms with Gasteiger partial charge in [-0.25, -0.2) is 13.6 Å². The molecule has 4 aliphatic heterocycles. The molecule has 0 radical (unpaired) electrons. The highest BCUT2D eigenvalue weighted by Crippen LogP contribution is 2.35. The topological polar surface area (TPSA) is 120 Å². The van der Waals surface area contributed by atoms with Gasteiger partial charge in [-0.3, -0.25) is 9.79 Å². The summed E-state index contributed by atoms with van der Waals surface area (Å²) in [6.07, 6.45) is 1.90. The number of sulfonamides is 1. The quantitative estimate of drug-likeness (QED) is 0.468. The first-order chi connectivity index (χ1) is 16.2. The van der Waals surface area contributed by atoms with E-state index in [1.54, 1.807) is 19.0 Å². The number of hydrogen-bond acceptors (Lipinski definition) is 8. The van der Waals surface area contributed by atoms with Gasteiger partial charge in [-0.15, -0.1) is 0 Å². The van der Waals surface area contributed by atoms with Crippen molar-refractivity contribution < 1.29 is 13.2 Å². The Labute approximate surface area is 239 Å². The molecular weight excluding hydrogens is 520 g/mol. The number of hydrogen-bond donors (Lipinski definition) is 3. The highest BCUT2D eigenvalue weighted by Gasteiger charge is 2.37. The third-order valence-corrected chi connectivity index (χ3v) is 8.81. The van der Waals surface area contributed by atoms with E-state index in [4.69, 9.17) is 5.14 Å². The van der Waals surface area contributed by atoms with Crippen molar-refractivity contribution >= 4 is 32.9 Å². The number of amidine groups is 1. The molecule has 0 aromatic carbocycles. The number of thioether (sulfide) groups is 1. The van der Waals surface area contributed by atoms with Gasteiger partial charge < -0.3 is 20.4 Å². The van der Waals surface area contributed by atoms with Crippen molar-refractivity contribution in [3.8, 4) is 0 Å². The van der Waals surface area contributed by atoms with E-state index in [2.05, 4.69) is 55.1 Å². The Morgan fingerprint density at radius 1 is 1.08 bits per heavy atom. The lowest BCUT2D eigenvalue weighted by atomic mass is 9.76. The number of nitrogens with two attached hydrogens (primary N) is 1. The number of amides is 1. The average molecular weight is 581 g/mol. The molecule has 9 nitrogen and oxygen atoms in total. The normalized spacial score (nSPS) is 26.6. The van der Waals surface area contributed by atoms with E-state index in [1.165, 1.54) is 24.0 Å². The first kappa shape index (κ1) is 39.3. The molecule has 0 aliphatic carbocycles. The molecular formula is C27H60N6O3S2. The Kier molecular flexibility index (Phi) is 17.6. The zero-order valence-electron chi connectivity index (χ0n) is 22.7. The molecule has 38 heavy (non-hydrogen) atoms. The third kappa shape index (κ3) is 13.5. The fourth-order valence-electron chi connectivity index (χ4n) is 4.54.